The molecule has 130 valence electrons. The SMILES string of the molecule is Cc1c(Cn2nnc(-c3ccc(F)cc3)n2)noc1-c1ccc(F)cc1. The Bertz CT molecular complexity index is 1040. The van der Waals surface area contributed by atoms with Gasteiger partial charge in [0.05, 0.1) is 0 Å². The van der Waals surface area contributed by atoms with E-state index >= 15 is 0 Å². The molecule has 4 rings (SSSR count). The summed E-state index contributed by atoms with van der Waals surface area (Å²) < 4.78 is 31.5. The summed E-state index contributed by atoms with van der Waals surface area (Å²) in [6.45, 7) is 2.13. The maximum absolute atomic E-state index is 13.1. The van der Waals surface area contributed by atoms with Gasteiger partial charge in [0.15, 0.2) is 5.76 Å². The first-order valence-corrected chi connectivity index (χ1v) is 7.85. The number of benzene rings is 2. The lowest BCUT2D eigenvalue weighted by Gasteiger charge is -1.98. The topological polar surface area (TPSA) is 69.6 Å². The van der Waals surface area contributed by atoms with E-state index in [0.29, 0.717) is 22.8 Å². The summed E-state index contributed by atoms with van der Waals surface area (Å²) in [7, 11) is 0. The minimum absolute atomic E-state index is 0.269. The van der Waals surface area contributed by atoms with Crippen molar-refractivity contribution in [2.45, 2.75) is 13.5 Å². The molecule has 0 fully saturated rings. The van der Waals surface area contributed by atoms with Crippen LogP contribution in [0.25, 0.3) is 22.7 Å². The average molecular weight is 353 g/mol. The summed E-state index contributed by atoms with van der Waals surface area (Å²) in [4.78, 5) is 1.39. The predicted octanol–water partition coefficient (Wildman–Crippen LogP) is 3.63. The van der Waals surface area contributed by atoms with Crippen molar-refractivity contribution in [3.8, 4) is 22.7 Å². The highest BCUT2D eigenvalue weighted by atomic mass is 19.1. The fourth-order valence-electron chi connectivity index (χ4n) is 2.55. The van der Waals surface area contributed by atoms with E-state index in [1.165, 1.54) is 29.1 Å². The van der Waals surface area contributed by atoms with Gasteiger partial charge in [-0.25, -0.2) is 8.78 Å². The second kappa shape index (κ2) is 6.47. The third-order valence-corrected chi connectivity index (χ3v) is 3.97. The molecule has 0 radical (unpaired) electrons. The summed E-state index contributed by atoms with van der Waals surface area (Å²) in [5.41, 5.74) is 2.87. The number of rotatable bonds is 4. The fourth-order valence-corrected chi connectivity index (χ4v) is 2.55. The highest BCUT2D eigenvalue weighted by Crippen LogP contribution is 2.26. The zero-order chi connectivity index (χ0) is 18.1. The number of tetrazole rings is 1. The summed E-state index contributed by atoms with van der Waals surface area (Å²) >= 11 is 0. The van der Waals surface area contributed by atoms with E-state index in [9.17, 15) is 8.78 Å². The van der Waals surface area contributed by atoms with Crippen LogP contribution in [-0.4, -0.2) is 25.4 Å². The minimum atomic E-state index is -0.326. The molecule has 0 saturated heterocycles. The van der Waals surface area contributed by atoms with E-state index in [1.807, 2.05) is 6.92 Å². The van der Waals surface area contributed by atoms with Gasteiger partial charge in [0.1, 0.15) is 23.9 Å². The van der Waals surface area contributed by atoms with Gasteiger partial charge < -0.3 is 4.52 Å². The highest BCUT2D eigenvalue weighted by Gasteiger charge is 2.16. The summed E-state index contributed by atoms with van der Waals surface area (Å²) in [6, 6.07) is 11.9. The lowest BCUT2D eigenvalue weighted by Crippen LogP contribution is -2.05. The molecule has 0 saturated carbocycles. The second-order valence-electron chi connectivity index (χ2n) is 5.74. The first-order valence-electron chi connectivity index (χ1n) is 7.85. The van der Waals surface area contributed by atoms with E-state index in [1.54, 1.807) is 24.3 Å². The second-order valence-corrected chi connectivity index (χ2v) is 5.74. The molecule has 4 aromatic rings. The molecule has 0 N–H and O–H groups in total. The maximum atomic E-state index is 13.1. The van der Waals surface area contributed by atoms with E-state index in [0.717, 1.165) is 11.1 Å². The van der Waals surface area contributed by atoms with Crippen LogP contribution in [0.15, 0.2) is 53.1 Å². The van der Waals surface area contributed by atoms with Crippen LogP contribution in [0.3, 0.4) is 0 Å². The van der Waals surface area contributed by atoms with Gasteiger partial charge in [-0.1, -0.05) is 5.16 Å². The number of aromatic nitrogens is 5. The quantitative estimate of drug-likeness (QED) is 0.560. The minimum Gasteiger partial charge on any atom is -0.356 e. The largest absolute Gasteiger partial charge is 0.356 e. The van der Waals surface area contributed by atoms with Gasteiger partial charge in [-0.3, -0.25) is 0 Å². The van der Waals surface area contributed by atoms with Crippen LogP contribution in [0.4, 0.5) is 8.78 Å². The first kappa shape index (κ1) is 16.1. The molecular weight excluding hydrogens is 340 g/mol. The van der Waals surface area contributed by atoms with Gasteiger partial charge in [-0.2, -0.15) is 4.80 Å². The Balaban J connectivity index is 1.57. The zero-order valence-corrected chi connectivity index (χ0v) is 13.7. The molecule has 0 bridgehead atoms. The van der Waals surface area contributed by atoms with E-state index in [-0.39, 0.29) is 18.2 Å². The van der Waals surface area contributed by atoms with Gasteiger partial charge in [0.25, 0.3) is 0 Å². The molecule has 0 spiro atoms. The molecule has 8 heteroatoms. The fraction of sp³-hybridized carbons (Fsp3) is 0.111. The molecule has 0 amide bonds. The molecule has 0 aliphatic rings. The van der Waals surface area contributed by atoms with E-state index < -0.39 is 0 Å². The normalized spacial score (nSPS) is 11.0. The Hall–Kier alpha value is -3.42. The molecular formula is C18H13F2N5O. The van der Waals surface area contributed by atoms with E-state index in [4.69, 9.17) is 4.52 Å². The van der Waals surface area contributed by atoms with Crippen LogP contribution in [0.2, 0.25) is 0 Å². The summed E-state index contributed by atoms with van der Waals surface area (Å²) in [5.74, 6) is 0.322. The molecule has 0 atom stereocenters. The van der Waals surface area contributed by atoms with Gasteiger partial charge in [-0.05, 0) is 60.7 Å². The molecule has 26 heavy (non-hydrogen) atoms. The summed E-state index contributed by atoms with van der Waals surface area (Å²) in [6.07, 6.45) is 0. The third-order valence-electron chi connectivity index (χ3n) is 3.97. The van der Waals surface area contributed by atoms with Gasteiger partial charge >= 0.3 is 0 Å². The Morgan fingerprint density at radius 3 is 2.19 bits per heavy atom. The van der Waals surface area contributed by atoms with Crippen molar-refractivity contribution in [1.82, 2.24) is 25.4 Å². The van der Waals surface area contributed by atoms with Crippen molar-refractivity contribution in [3.63, 3.8) is 0 Å². The first-order chi connectivity index (χ1) is 12.6. The van der Waals surface area contributed by atoms with Crippen molar-refractivity contribution < 1.29 is 13.3 Å². The number of nitrogens with zero attached hydrogens (tertiary/aromatic N) is 5. The molecule has 2 aromatic heterocycles. The van der Waals surface area contributed by atoms with Crippen LogP contribution >= 0.6 is 0 Å². The van der Waals surface area contributed by atoms with Crippen LogP contribution in [0, 0.1) is 18.6 Å². The molecule has 0 aliphatic heterocycles. The van der Waals surface area contributed by atoms with Gasteiger partial charge in [0, 0.05) is 16.7 Å². The Kier molecular flexibility index (Phi) is 4.00. The van der Waals surface area contributed by atoms with Crippen LogP contribution < -0.4 is 0 Å². The van der Waals surface area contributed by atoms with E-state index in [2.05, 4.69) is 20.6 Å². The standard InChI is InChI=1S/C18H13F2N5O/c1-11-16(23-26-17(11)12-2-6-14(19)7-3-12)10-25-22-18(21-24-25)13-4-8-15(20)9-5-13/h2-9H,10H2,1H3. The Morgan fingerprint density at radius 2 is 1.54 bits per heavy atom. The van der Waals surface area contributed by atoms with Gasteiger partial charge in [-0.15, -0.1) is 10.2 Å². The van der Waals surface area contributed by atoms with Gasteiger partial charge in [0.2, 0.25) is 5.82 Å². The van der Waals surface area contributed by atoms with Crippen LogP contribution in [0.1, 0.15) is 11.3 Å². The maximum Gasteiger partial charge on any atom is 0.204 e. The number of halogens is 2. The van der Waals surface area contributed by atoms with Crippen molar-refractivity contribution in [2.24, 2.45) is 0 Å². The Morgan fingerprint density at radius 1 is 0.923 bits per heavy atom. The molecule has 0 unspecified atom stereocenters. The average Bonchev–Trinajstić information content (AvgIpc) is 3.25. The molecule has 2 aromatic carbocycles. The van der Waals surface area contributed by atoms with Crippen molar-refractivity contribution in [2.75, 3.05) is 0 Å². The smallest absolute Gasteiger partial charge is 0.204 e. The summed E-state index contributed by atoms with van der Waals surface area (Å²) in [5, 5.41) is 16.3. The lowest BCUT2D eigenvalue weighted by atomic mass is 10.1. The monoisotopic (exact) mass is 353 g/mol. The highest BCUT2D eigenvalue weighted by molar-refractivity contribution is 5.61. The molecule has 2 heterocycles. The van der Waals surface area contributed by atoms with Crippen molar-refractivity contribution in [1.29, 1.82) is 0 Å². The lowest BCUT2D eigenvalue weighted by molar-refractivity contribution is 0.415. The van der Waals surface area contributed by atoms with Crippen molar-refractivity contribution in [3.05, 3.63) is 71.4 Å². The van der Waals surface area contributed by atoms with Crippen LogP contribution in [-0.2, 0) is 6.54 Å². The third kappa shape index (κ3) is 3.08. The van der Waals surface area contributed by atoms with Crippen LogP contribution in [0.5, 0.6) is 0 Å². The predicted molar refractivity (Wildman–Crippen MR) is 88.9 cm³/mol. The number of hydrogen-bond donors (Lipinski definition) is 0. The Labute approximate surface area is 147 Å². The zero-order valence-electron chi connectivity index (χ0n) is 13.7. The molecule has 0 aliphatic carbocycles. The molecule has 6 nitrogen and oxygen atoms in total. The van der Waals surface area contributed by atoms with Crippen molar-refractivity contribution >= 4 is 0 Å². The number of hydrogen-bond acceptors (Lipinski definition) is 5.